The fraction of sp³-hybridized carbons (Fsp3) is 0.0870. The predicted molar refractivity (Wildman–Crippen MR) is 121 cm³/mol. The van der Waals surface area contributed by atoms with Crippen LogP contribution in [-0.2, 0) is 0 Å². The quantitative estimate of drug-likeness (QED) is 0.278. The van der Waals surface area contributed by atoms with Crippen LogP contribution in [0.4, 0.5) is 19.0 Å². The number of fused-ring (bicyclic) bond motifs is 2. The molecule has 0 aliphatic carbocycles. The summed E-state index contributed by atoms with van der Waals surface area (Å²) in [6.07, 6.45) is 0.455. The van der Waals surface area contributed by atoms with Crippen LogP contribution in [0.3, 0.4) is 0 Å². The van der Waals surface area contributed by atoms with Crippen molar-refractivity contribution >= 4 is 39.4 Å². The summed E-state index contributed by atoms with van der Waals surface area (Å²) in [6, 6.07) is 10.3. The highest BCUT2D eigenvalue weighted by atomic mass is 35.5. The van der Waals surface area contributed by atoms with Gasteiger partial charge in [0.1, 0.15) is 0 Å². The van der Waals surface area contributed by atoms with Gasteiger partial charge in [-0.15, -0.1) is 0 Å². The first-order valence-corrected chi connectivity index (χ1v) is 10.4. The van der Waals surface area contributed by atoms with Crippen molar-refractivity contribution in [3.8, 4) is 11.3 Å². The number of nitrogens with one attached hydrogen (secondary N) is 1. The highest BCUT2D eigenvalue weighted by Gasteiger charge is 2.44. The number of hydrogen-bond donors (Lipinski definition) is 1. The monoisotopic (exact) mass is 482 g/mol. The molecule has 7 nitrogen and oxygen atoms in total. The molecular weight excluding hydrogens is 469 g/mol. The highest BCUT2D eigenvalue weighted by molar-refractivity contribution is 6.35. The lowest BCUT2D eigenvalue weighted by atomic mass is 9.98. The van der Waals surface area contributed by atoms with Crippen LogP contribution >= 0.6 is 11.6 Å². The van der Waals surface area contributed by atoms with E-state index in [1.165, 1.54) is 36.8 Å². The molecule has 0 amide bonds. The molecule has 1 aromatic carbocycles. The smallest absolute Gasteiger partial charge is 0.412 e. The first-order chi connectivity index (χ1) is 16.3. The number of hydrogen-bond acceptors (Lipinski definition) is 6. The van der Waals surface area contributed by atoms with Gasteiger partial charge in [-0.2, -0.15) is 13.2 Å². The molecule has 0 bridgehead atoms. The summed E-state index contributed by atoms with van der Waals surface area (Å²) >= 11 is 6.28. The second-order valence-corrected chi connectivity index (χ2v) is 7.80. The van der Waals surface area contributed by atoms with Crippen LogP contribution in [-0.4, -0.2) is 26.1 Å². The van der Waals surface area contributed by atoms with Crippen LogP contribution in [0.2, 0.25) is 5.02 Å². The van der Waals surface area contributed by atoms with Crippen molar-refractivity contribution in [1.29, 1.82) is 0 Å². The Morgan fingerprint density at radius 3 is 2.59 bits per heavy atom. The summed E-state index contributed by atoms with van der Waals surface area (Å²) in [7, 11) is 0. The van der Waals surface area contributed by atoms with E-state index in [2.05, 4.69) is 25.3 Å². The van der Waals surface area contributed by atoms with Crippen LogP contribution < -0.4 is 10.0 Å². The van der Waals surface area contributed by atoms with Crippen molar-refractivity contribution in [2.75, 3.05) is 5.32 Å². The van der Waals surface area contributed by atoms with Gasteiger partial charge in [0, 0.05) is 35.1 Å². The molecule has 1 N–H and O–H groups in total. The summed E-state index contributed by atoms with van der Waals surface area (Å²) in [5.41, 5.74) is 0.753. The van der Waals surface area contributed by atoms with Crippen LogP contribution in [0, 0.1) is 5.21 Å². The van der Waals surface area contributed by atoms with Gasteiger partial charge in [-0.05, 0) is 41.4 Å². The maximum atomic E-state index is 14.5. The zero-order chi connectivity index (χ0) is 23.9. The van der Waals surface area contributed by atoms with Crippen molar-refractivity contribution < 1.29 is 17.9 Å². The van der Waals surface area contributed by atoms with Crippen molar-refractivity contribution in [1.82, 2.24) is 19.9 Å². The molecule has 170 valence electrons. The average molecular weight is 483 g/mol. The third kappa shape index (κ3) is 3.92. The van der Waals surface area contributed by atoms with Crippen molar-refractivity contribution in [2.24, 2.45) is 0 Å². The number of alkyl halides is 3. The van der Waals surface area contributed by atoms with Gasteiger partial charge in [0.15, 0.2) is 17.1 Å². The normalized spacial score (nSPS) is 12.7. The highest BCUT2D eigenvalue weighted by Crippen LogP contribution is 2.41. The summed E-state index contributed by atoms with van der Waals surface area (Å²) in [4.78, 5) is 16.5. The largest absolute Gasteiger partial charge is 0.710 e. The Morgan fingerprint density at radius 2 is 1.82 bits per heavy atom. The van der Waals surface area contributed by atoms with E-state index < -0.39 is 12.2 Å². The predicted octanol–water partition coefficient (Wildman–Crippen LogP) is 5.24. The van der Waals surface area contributed by atoms with Crippen molar-refractivity contribution in [3.05, 3.63) is 89.2 Å². The Labute approximate surface area is 195 Å². The number of para-hydroxylation sites is 1. The average Bonchev–Trinajstić information content (AvgIpc) is 2.83. The van der Waals surface area contributed by atoms with Crippen molar-refractivity contribution in [3.63, 3.8) is 0 Å². The third-order valence-corrected chi connectivity index (χ3v) is 5.53. The number of nitrogens with zero attached hydrogens (tertiary/aromatic N) is 5. The number of pyridine rings is 3. The number of anilines is 1. The molecule has 0 aliphatic rings. The summed E-state index contributed by atoms with van der Waals surface area (Å²) in [5.74, 6) is -0.187. The maximum absolute atomic E-state index is 14.5. The topological polar surface area (TPSA) is 90.5 Å². The molecule has 0 saturated carbocycles. The van der Waals surface area contributed by atoms with Gasteiger partial charge in [0.2, 0.25) is 0 Å². The Bertz CT molecular complexity index is 1510. The Balaban J connectivity index is 1.75. The molecule has 4 heterocycles. The van der Waals surface area contributed by atoms with Gasteiger partial charge in [-0.3, -0.25) is 4.98 Å². The number of aromatic nitrogens is 5. The summed E-state index contributed by atoms with van der Waals surface area (Å²) in [5, 5.41) is 15.2. The standard InChI is InChI=1S/C23H14ClF3N6O/c24-16-6-1-4-13-10-15(18(31-19(13)16)14-5-2-8-28-11-14)21(23(25,26)27)32-22-20-17(7-3-9-29-20)33(34)12-30-22/h1-12,21H,(H,30,32)/t21-/m1/s1. The molecule has 0 radical (unpaired) electrons. The molecule has 34 heavy (non-hydrogen) atoms. The Hall–Kier alpha value is -4.05. The molecule has 5 rings (SSSR count). The van der Waals surface area contributed by atoms with Crippen LogP contribution in [0.1, 0.15) is 11.6 Å². The third-order valence-electron chi connectivity index (χ3n) is 5.22. The van der Waals surface area contributed by atoms with E-state index in [-0.39, 0.29) is 28.1 Å². The minimum absolute atomic E-state index is 0.00831. The van der Waals surface area contributed by atoms with E-state index in [0.29, 0.717) is 26.2 Å². The Kier molecular flexibility index (Phi) is 5.37. The zero-order valence-corrected chi connectivity index (χ0v) is 17.9. The van der Waals surface area contributed by atoms with E-state index in [0.717, 1.165) is 6.33 Å². The molecule has 0 aliphatic heterocycles. The molecule has 0 saturated heterocycles. The molecule has 0 unspecified atom stereocenters. The molecular formula is C23H14ClF3N6O. The summed E-state index contributed by atoms with van der Waals surface area (Å²) in [6.45, 7) is 0. The number of halogens is 4. The first kappa shape index (κ1) is 21.8. The van der Waals surface area contributed by atoms with Crippen molar-refractivity contribution in [2.45, 2.75) is 12.2 Å². The van der Waals surface area contributed by atoms with E-state index in [4.69, 9.17) is 11.6 Å². The van der Waals surface area contributed by atoms with Gasteiger partial charge in [0.25, 0.3) is 12.1 Å². The van der Waals surface area contributed by atoms with Gasteiger partial charge in [0.05, 0.1) is 16.2 Å². The van der Waals surface area contributed by atoms with Gasteiger partial charge in [-0.1, -0.05) is 23.7 Å². The lowest BCUT2D eigenvalue weighted by Gasteiger charge is -2.24. The number of rotatable bonds is 4. The molecule has 0 fully saturated rings. The second-order valence-electron chi connectivity index (χ2n) is 7.39. The van der Waals surface area contributed by atoms with Gasteiger partial charge in [-0.25, -0.2) is 14.7 Å². The lowest BCUT2D eigenvalue weighted by molar-refractivity contribution is -0.580. The SMILES string of the molecule is [O-][n+]1cnc(N[C@H](c2cc3cccc(Cl)c3nc2-c2cccnc2)C(F)(F)F)c2ncccc21. The van der Waals surface area contributed by atoms with Gasteiger partial charge >= 0.3 is 6.18 Å². The summed E-state index contributed by atoms with van der Waals surface area (Å²) < 4.78 is 43.9. The fourth-order valence-corrected chi connectivity index (χ4v) is 3.93. The second kappa shape index (κ2) is 8.38. The number of benzene rings is 1. The maximum Gasteiger partial charge on any atom is 0.412 e. The molecule has 5 aromatic rings. The molecule has 4 aromatic heterocycles. The Morgan fingerprint density at radius 1 is 1.00 bits per heavy atom. The van der Waals surface area contributed by atoms with Crippen LogP contribution in [0.15, 0.2) is 73.4 Å². The molecule has 0 spiro atoms. The van der Waals surface area contributed by atoms with Gasteiger partial charge < -0.3 is 10.5 Å². The minimum Gasteiger partial charge on any atom is -0.710 e. The zero-order valence-electron chi connectivity index (χ0n) is 17.2. The fourth-order valence-electron chi connectivity index (χ4n) is 3.70. The molecule has 11 heteroatoms. The first-order valence-electron chi connectivity index (χ1n) is 9.98. The van der Waals surface area contributed by atoms with E-state index in [1.807, 2.05) is 0 Å². The van der Waals surface area contributed by atoms with E-state index >= 15 is 0 Å². The minimum atomic E-state index is -4.75. The van der Waals surface area contributed by atoms with E-state index in [9.17, 15) is 18.4 Å². The van der Waals surface area contributed by atoms with Crippen LogP contribution in [0.25, 0.3) is 33.2 Å². The van der Waals surface area contributed by atoms with E-state index in [1.54, 1.807) is 30.3 Å². The lowest BCUT2D eigenvalue weighted by Crippen LogP contribution is -2.32. The van der Waals surface area contributed by atoms with Crippen LogP contribution in [0.5, 0.6) is 0 Å². The molecule has 1 atom stereocenters.